The van der Waals surface area contributed by atoms with Crippen molar-refractivity contribution in [2.75, 3.05) is 4.90 Å². The van der Waals surface area contributed by atoms with Crippen LogP contribution in [0.1, 0.15) is 11.1 Å². The molecule has 1 aliphatic rings. The van der Waals surface area contributed by atoms with Gasteiger partial charge >= 0.3 is 0 Å². The molecule has 1 fully saturated rings. The Morgan fingerprint density at radius 1 is 0.912 bits per heavy atom. The normalized spacial score (nSPS) is 15.0. The van der Waals surface area contributed by atoms with E-state index in [4.69, 9.17) is 63.4 Å². The molecule has 4 rings (SSSR count). The van der Waals surface area contributed by atoms with Crippen LogP contribution in [0.3, 0.4) is 0 Å². The SMILES string of the molecule is O=C1NC(=S)N(c2cccc(Cl)c2Cl)C(=O)/C1=C/c1ccccc1OCc1ccc(Cl)c(Cl)c1. The lowest BCUT2D eigenvalue weighted by atomic mass is 10.1. The molecule has 34 heavy (non-hydrogen) atoms. The van der Waals surface area contributed by atoms with Crippen LogP contribution in [0.15, 0.2) is 66.2 Å². The molecule has 3 aromatic carbocycles. The molecule has 3 aromatic rings. The summed E-state index contributed by atoms with van der Waals surface area (Å²) in [5.41, 5.74) is 1.44. The molecule has 172 valence electrons. The number of para-hydroxylation sites is 1. The highest BCUT2D eigenvalue weighted by Crippen LogP contribution is 2.35. The lowest BCUT2D eigenvalue weighted by molar-refractivity contribution is -0.122. The molecule has 0 bridgehead atoms. The van der Waals surface area contributed by atoms with E-state index < -0.39 is 11.8 Å². The van der Waals surface area contributed by atoms with Crippen LogP contribution >= 0.6 is 58.6 Å². The van der Waals surface area contributed by atoms with Crippen molar-refractivity contribution in [1.29, 1.82) is 0 Å². The van der Waals surface area contributed by atoms with Crippen molar-refractivity contribution in [3.63, 3.8) is 0 Å². The highest BCUT2D eigenvalue weighted by Gasteiger charge is 2.35. The van der Waals surface area contributed by atoms with Crippen molar-refractivity contribution >= 4 is 87.3 Å². The van der Waals surface area contributed by atoms with Crippen LogP contribution in [0.25, 0.3) is 6.08 Å². The number of nitrogens with zero attached hydrogens (tertiary/aromatic N) is 1. The third-order valence-corrected chi connectivity index (χ3v) is 6.70. The summed E-state index contributed by atoms with van der Waals surface area (Å²) >= 11 is 29.7. The molecule has 1 heterocycles. The summed E-state index contributed by atoms with van der Waals surface area (Å²) in [6.45, 7) is 0.200. The summed E-state index contributed by atoms with van der Waals surface area (Å²) in [7, 11) is 0. The Kier molecular flexibility index (Phi) is 7.45. The van der Waals surface area contributed by atoms with E-state index >= 15 is 0 Å². The number of thiocarbonyl (C=S) groups is 1. The molecule has 1 N–H and O–H groups in total. The highest BCUT2D eigenvalue weighted by molar-refractivity contribution is 7.80. The zero-order valence-corrected chi connectivity index (χ0v) is 21.0. The van der Waals surface area contributed by atoms with Crippen LogP contribution in [0.5, 0.6) is 5.75 Å². The maximum atomic E-state index is 13.3. The smallest absolute Gasteiger partial charge is 0.270 e. The lowest BCUT2D eigenvalue weighted by Crippen LogP contribution is -2.54. The van der Waals surface area contributed by atoms with E-state index in [9.17, 15) is 9.59 Å². The summed E-state index contributed by atoms with van der Waals surface area (Å²) in [6, 6.07) is 17.0. The quantitative estimate of drug-likeness (QED) is 0.217. The topological polar surface area (TPSA) is 58.6 Å². The van der Waals surface area contributed by atoms with Crippen LogP contribution in [0.4, 0.5) is 5.69 Å². The summed E-state index contributed by atoms with van der Waals surface area (Å²) in [4.78, 5) is 27.1. The van der Waals surface area contributed by atoms with Crippen molar-refractivity contribution in [3.05, 3.63) is 97.5 Å². The Balaban J connectivity index is 1.66. The zero-order chi connectivity index (χ0) is 24.4. The third kappa shape index (κ3) is 5.06. The van der Waals surface area contributed by atoms with E-state index in [-0.39, 0.29) is 33.0 Å². The second-order valence-corrected chi connectivity index (χ2v) is 9.09. The van der Waals surface area contributed by atoms with Gasteiger partial charge in [-0.3, -0.25) is 19.8 Å². The van der Waals surface area contributed by atoms with Gasteiger partial charge in [-0.05, 0) is 54.2 Å². The fourth-order valence-electron chi connectivity index (χ4n) is 3.22. The first-order valence-corrected chi connectivity index (χ1v) is 11.7. The molecule has 2 amide bonds. The van der Waals surface area contributed by atoms with Crippen molar-refractivity contribution in [2.24, 2.45) is 0 Å². The Morgan fingerprint density at radius 2 is 1.68 bits per heavy atom. The molecule has 0 spiro atoms. The molecule has 0 atom stereocenters. The number of nitrogens with one attached hydrogen (secondary N) is 1. The molecule has 0 saturated carbocycles. The summed E-state index contributed by atoms with van der Waals surface area (Å²) in [6.07, 6.45) is 1.44. The molecule has 1 aliphatic heterocycles. The van der Waals surface area contributed by atoms with Crippen molar-refractivity contribution in [2.45, 2.75) is 6.61 Å². The largest absolute Gasteiger partial charge is 0.488 e. The molecule has 1 saturated heterocycles. The van der Waals surface area contributed by atoms with Gasteiger partial charge in [0.25, 0.3) is 11.8 Å². The first-order valence-electron chi connectivity index (χ1n) is 9.77. The fraction of sp³-hybridized carbons (Fsp3) is 0.0417. The average Bonchev–Trinajstić information content (AvgIpc) is 2.80. The van der Waals surface area contributed by atoms with Crippen LogP contribution < -0.4 is 15.0 Å². The lowest BCUT2D eigenvalue weighted by Gasteiger charge is -2.29. The van der Waals surface area contributed by atoms with Crippen molar-refractivity contribution < 1.29 is 14.3 Å². The van der Waals surface area contributed by atoms with Gasteiger partial charge < -0.3 is 4.74 Å². The minimum absolute atomic E-state index is 0.0968. The highest BCUT2D eigenvalue weighted by atomic mass is 35.5. The van der Waals surface area contributed by atoms with E-state index in [0.717, 1.165) is 10.5 Å². The maximum Gasteiger partial charge on any atom is 0.270 e. The number of carbonyl (C=O) groups excluding carboxylic acids is 2. The Hall–Kier alpha value is -2.61. The molecule has 0 radical (unpaired) electrons. The van der Waals surface area contributed by atoms with Crippen LogP contribution in [-0.2, 0) is 16.2 Å². The minimum Gasteiger partial charge on any atom is -0.488 e. The average molecular weight is 552 g/mol. The van der Waals surface area contributed by atoms with Gasteiger partial charge in [0.1, 0.15) is 17.9 Å². The number of hydrogen-bond donors (Lipinski definition) is 1. The predicted octanol–water partition coefficient (Wildman–Crippen LogP) is 6.71. The van der Waals surface area contributed by atoms with Crippen LogP contribution in [-0.4, -0.2) is 16.9 Å². The number of rotatable bonds is 5. The standard InChI is InChI=1S/C24H14Cl4N2O3S/c25-16-9-8-13(10-18(16)27)12-33-20-7-2-1-4-14(20)11-15-22(31)29-24(34)30(23(15)32)19-6-3-5-17(26)21(19)28/h1-11H,12H2,(H,29,31,34)/b15-11+. The molecular formula is C24H14Cl4N2O3S. The number of benzene rings is 3. The third-order valence-electron chi connectivity index (χ3n) is 4.87. The number of carbonyl (C=O) groups is 2. The number of amides is 2. The van der Waals surface area contributed by atoms with E-state index in [0.29, 0.717) is 21.4 Å². The Morgan fingerprint density at radius 3 is 2.44 bits per heavy atom. The van der Waals surface area contributed by atoms with Crippen LogP contribution in [0.2, 0.25) is 20.1 Å². The van der Waals surface area contributed by atoms with E-state index in [1.165, 1.54) is 6.08 Å². The van der Waals surface area contributed by atoms with E-state index in [1.54, 1.807) is 60.7 Å². The molecular weight excluding hydrogens is 538 g/mol. The van der Waals surface area contributed by atoms with E-state index in [1.807, 2.05) is 0 Å². The van der Waals surface area contributed by atoms with Gasteiger partial charge in [-0.1, -0.05) is 76.7 Å². The van der Waals surface area contributed by atoms with Crippen LogP contribution in [0, 0.1) is 0 Å². The Labute approximate surface area is 220 Å². The number of anilines is 1. The molecule has 5 nitrogen and oxygen atoms in total. The molecule has 0 aliphatic carbocycles. The van der Waals surface area contributed by atoms with Crippen molar-refractivity contribution in [1.82, 2.24) is 5.32 Å². The molecule has 10 heteroatoms. The fourth-order valence-corrected chi connectivity index (χ4v) is 4.19. The summed E-state index contributed by atoms with van der Waals surface area (Å²) in [5.74, 6) is -0.817. The van der Waals surface area contributed by atoms with Gasteiger partial charge in [0, 0.05) is 5.56 Å². The Bertz CT molecular complexity index is 1360. The van der Waals surface area contributed by atoms with Gasteiger partial charge in [0.05, 0.1) is 25.8 Å². The van der Waals surface area contributed by atoms with Crippen molar-refractivity contribution in [3.8, 4) is 5.75 Å². The number of hydrogen-bond acceptors (Lipinski definition) is 4. The second kappa shape index (κ2) is 10.3. The molecule has 0 aromatic heterocycles. The van der Waals surface area contributed by atoms with Gasteiger partial charge in [0.15, 0.2) is 5.11 Å². The number of ether oxygens (including phenoxy) is 1. The first kappa shape index (κ1) is 24.5. The van der Waals surface area contributed by atoms with Gasteiger partial charge in [-0.15, -0.1) is 0 Å². The minimum atomic E-state index is -0.641. The van der Waals surface area contributed by atoms with Gasteiger partial charge in [0.2, 0.25) is 0 Å². The summed E-state index contributed by atoms with van der Waals surface area (Å²) in [5, 5.41) is 3.67. The molecule has 0 unspecified atom stereocenters. The maximum absolute atomic E-state index is 13.3. The second-order valence-electron chi connectivity index (χ2n) is 7.11. The zero-order valence-electron chi connectivity index (χ0n) is 17.2. The monoisotopic (exact) mass is 550 g/mol. The predicted molar refractivity (Wildman–Crippen MR) is 140 cm³/mol. The van der Waals surface area contributed by atoms with E-state index in [2.05, 4.69) is 5.32 Å². The first-order chi connectivity index (χ1) is 16.3. The summed E-state index contributed by atoms with van der Waals surface area (Å²) < 4.78 is 5.93. The van der Waals surface area contributed by atoms with Gasteiger partial charge in [-0.25, -0.2) is 0 Å². The van der Waals surface area contributed by atoms with Gasteiger partial charge in [-0.2, -0.15) is 0 Å². The number of halogens is 4.